The van der Waals surface area contributed by atoms with Crippen molar-refractivity contribution in [1.29, 1.82) is 0 Å². The van der Waals surface area contributed by atoms with Crippen molar-refractivity contribution in [3.05, 3.63) is 164 Å². The van der Waals surface area contributed by atoms with E-state index in [0.717, 1.165) is 28.1 Å². The molecule has 0 saturated heterocycles. The highest BCUT2D eigenvalue weighted by Gasteiger charge is 2.27. The highest BCUT2D eigenvalue weighted by molar-refractivity contribution is 6.24. The monoisotopic (exact) mass is 599 g/mol. The lowest BCUT2D eigenvalue weighted by atomic mass is 9.87. The fraction of sp³-hybridized carbons (Fsp3) is 0.0227. The molecule has 0 atom stereocenters. The van der Waals surface area contributed by atoms with Gasteiger partial charge in [0.05, 0.1) is 16.7 Å². The zero-order valence-electron chi connectivity index (χ0n) is 25.6. The molecule has 0 saturated carbocycles. The van der Waals surface area contributed by atoms with Crippen LogP contribution in [0.2, 0.25) is 0 Å². The maximum Gasteiger partial charge on any atom is 0.144 e. The van der Waals surface area contributed by atoms with E-state index in [1.54, 1.807) is 0 Å². The van der Waals surface area contributed by atoms with Gasteiger partial charge in [-0.1, -0.05) is 115 Å². The smallest absolute Gasteiger partial charge is 0.144 e. The molecule has 1 aromatic heterocycles. The number of rotatable bonds is 3. The quantitative estimate of drug-likeness (QED) is 0.188. The second kappa shape index (κ2) is 10.2. The normalized spacial score (nSPS) is 12.6. The Kier molecular flexibility index (Phi) is 5.64. The van der Waals surface area contributed by atoms with Gasteiger partial charge in [0.2, 0.25) is 0 Å². The van der Waals surface area contributed by atoms with Crippen molar-refractivity contribution >= 4 is 54.7 Å². The molecule has 0 radical (unpaired) electrons. The molecule has 0 aliphatic carbocycles. The minimum atomic E-state index is 0.696. The van der Waals surface area contributed by atoms with E-state index in [1.807, 2.05) is 0 Å². The van der Waals surface area contributed by atoms with Gasteiger partial charge in [0.1, 0.15) is 12.5 Å². The van der Waals surface area contributed by atoms with Gasteiger partial charge in [-0.2, -0.15) is 0 Å². The first-order valence-corrected chi connectivity index (χ1v) is 16.2. The molecule has 1 aliphatic heterocycles. The predicted octanol–water partition coefficient (Wildman–Crippen LogP) is 11.6. The van der Waals surface area contributed by atoms with Crippen LogP contribution >= 0.6 is 0 Å². The summed E-state index contributed by atoms with van der Waals surface area (Å²) in [5.41, 5.74) is 10.6. The molecule has 0 fully saturated rings. The first-order valence-electron chi connectivity index (χ1n) is 16.2. The van der Waals surface area contributed by atoms with Crippen LogP contribution in [0.25, 0.3) is 77.0 Å². The topological polar surface area (TPSA) is 21.1 Å². The summed E-state index contributed by atoms with van der Waals surface area (Å²) in [6.45, 7) is 0.696. The zero-order chi connectivity index (χ0) is 30.9. The molecule has 220 valence electrons. The van der Waals surface area contributed by atoms with Gasteiger partial charge in [-0.05, 0) is 103 Å². The van der Waals surface area contributed by atoms with E-state index in [-0.39, 0.29) is 0 Å². The number of fused-ring (bicyclic) bond motifs is 10. The number of para-hydroxylation sites is 3. The Bertz CT molecular complexity index is 2650. The van der Waals surface area contributed by atoms with Gasteiger partial charge in [-0.3, -0.25) is 0 Å². The molecule has 10 rings (SSSR count). The van der Waals surface area contributed by atoms with Crippen LogP contribution in [0.3, 0.4) is 0 Å². The van der Waals surface area contributed by atoms with Crippen molar-refractivity contribution in [3.63, 3.8) is 0 Å². The largest absolute Gasteiger partial charge is 0.322 e. The maximum absolute atomic E-state index is 5.12. The Hall–Kier alpha value is -6.19. The van der Waals surface area contributed by atoms with Crippen molar-refractivity contribution in [2.75, 3.05) is 4.90 Å². The molecule has 0 bridgehead atoms. The average Bonchev–Trinajstić information content (AvgIpc) is 3.53. The second-order valence-corrected chi connectivity index (χ2v) is 12.4. The van der Waals surface area contributed by atoms with Gasteiger partial charge in [0.15, 0.2) is 0 Å². The van der Waals surface area contributed by atoms with E-state index in [0.29, 0.717) is 6.67 Å². The standard InChI is InChI=1S/C44H29N3/c1-3-13-29(14-4-1)37-26-39-35-20-10-8-18-33(35)38(27-40(39)34-19-9-7-17-32(34)37)30-23-24-36-43(25-30)46(31-15-5-2-6-16-31)28-47-42-22-12-11-21-41(42)45-44(36)47/h1-27H,28H2. The third-order valence-corrected chi connectivity index (χ3v) is 9.81. The fourth-order valence-corrected chi connectivity index (χ4v) is 7.63. The number of nitrogens with zero attached hydrogens (tertiary/aromatic N) is 3. The van der Waals surface area contributed by atoms with E-state index in [4.69, 9.17) is 4.98 Å². The Morgan fingerprint density at radius 2 is 1.00 bits per heavy atom. The van der Waals surface area contributed by atoms with Gasteiger partial charge in [0.25, 0.3) is 0 Å². The van der Waals surface area contributed by atoms with Crippen LogP contribution < -0.4 is 4.90 Å². The summed E-state index contributed by atoms with van der Waals surface area (Å²) in [4.78, 5) is 7.54. The first-order chi connectivity index (χ1) is 23.3. The molecule has 47 heavy (non-hydrogen) atoms. The molecule has 0 spiro atoms. The summed E-state index contributed by atoms with van der Waals surface area (Å²) >= 11 is 0. The van der Waals surface area contributed by atoms with Crippen LogP contribution in [0, 0.1) is 0 Å². The fourth-order valence-electron chi connectivity index (χ4n) is 7.63. The lowest BCUT2D eigenvalue weighted by Crippen LogP contribution is -2.26. The van der Waals surface area contributed by atoms with Crippen molar-refractivity contribution in [1.82, 2.24) is 9.55 Å². The van der Waals surface area contributed by atoms with E-state index < -0.39 is 0 Å². The van der Waals surface area contributed by atoms with Crippen LogP contribution in [0.4, 0.5) is 11.4 Å². The molecule has 9 aromatic rings. The van der Waals surface area contributed by atoms with Crippen LogP contribution in [-0.2, 0) is 6.67 Å². The summed E-state index contributed by atoms with van der Waals surface area (Å²) in [5.74, 6) is 1.02. The summed E-state index contributed by atoms with van der Waals surface area (Å²) in [6, 6.07) is 59.4. The highest BCUT2D eigenvalue weighted by atomic mass is 15.3. The molecule has 3 nitrogen and oxygen atoms in total. The van der Waals surface area contributed by atoms with Crippen molar-refractivity contribution < 1.29 is 0 Å². The number of anilines is 2. The molecule has 8 aromatic carbocycles. The van der Waals surface area contributed by atoms with E-state index in [9.17, 15) is 0 Å². The highest BCUT2D eigenvalue weighted by Crippen LogP contribution is 2.46. The number of benzene rings is 8. The van der Waals surface area contributed by atoms with Crippen molar-refractivity contribution in [2.24, 2.45) is 0 Å². The van der Waals surface area contributed by atoms with E-state index in [1.165, 1.54) is 60.3 Å². The van der Waals surface area contributed by atoms with Crippen LogP contribution in [-0.4, -0.2) is 9.55 Å². The van der Waals surface area contributed by atoms with Crippen LogP contribution in [0.15, 0.2) is 164 Å². The van der Waals surface area contributed by atoms with Crippen molar-refractivity contribution in [3.8, 4) is 33.6 Å². The molecule has 0 unspecified atom stereocenters. The average molecular weight is 600 g/mol. The van der Waals surface area contributed by atoms with Crippen LogP contribution in [0.1, 0.15) is 0 Å². The Labute approximate surface area is 272 Å². The molecule has 1 aliphatic rings. The van der Waals surface area contributed by atoms with E-state index in [2.05, 4.69) is 173 Å². The Morgan fingerprint density at radius 1 is 0.426 bits per heavy atom. The molecule has 0 amide bonds. The van der Waals surface area contributed by atoms with Crippen LogP contribution in [0.5, 0.6) is 0 Å². The van der Waals surface area contributed by atoms with Gasteiger partial charge < -0.3 is 9.47 Å². The maximum atomic E-state index is 5.12. The Balaban J connectivity index is 1.25. The molecule has 2 heterocycles. The number of imidazole rings is 1. The lowest BCUT2D eigenvalue weighted by Gasteiger charge is -2.33. The summed E-state index contributed by atoms with van der Waals surface area (Å²) in [5, 5.41) is 7.61. The zero-order valence-corrected chi connectivity index (χ0v) is 25.6. The second-order valence-electron chi connectivity index (χ2n) is 12.4. The molecular formula is C44H29N3. The number of hydrogen-bond acceptors (Lipinski definition) is 2. The minimum absolute atomic E-state index is 0.696. The van der Waals surface area contributed by atoms with E-state index >= 15 is 0 Å². The van der Waals surface area contributed by atoms with Gasteiger partial charge in [0, 0.05) is 11.3 Å². The third-order valence-electron chi connectivity index (χ3n) is 9.81. The first kappa shape index (κ1) is 26.1. The van der Waals surface area contributed by atoms with Crippen molar-refractivity contribution in [2.45, 2.75) is 6.67 Å². The number of aromatic nitrogens is 2. The predicted molar refractivity (Wildman–Crippen MR) is 197 cm³/mol. The summed E-state index contributed by atoms with van der Waals surface area (Å²) in [6.07, 6.45) is 0. The molecule has 0 N–H and O–H groups in total. The van der Waals surface area contributed by atoms with Gasteiger partial charge in [-0.15, -0.1) is 0 Å². The summed E-state index contributed by atoms with van der Waals surface area (Å²) < 4.78 is 2.34. The molecular weight excluding hydrogens is 571 g/mol. The SMILES string of the molecule is c1ccc(-c2cc3c4ccccc4c(-c4ccc5c(c4)N(c4ccccc4)Cn4c-5nc5ccccc54)cc3c3ccccc23)cc1. The van der Waals surface area contributed by atoms with Gasteiger partial charge >= 0.3 is 0 Å². The van der Waals surface area contributed by atoms with Gasteiger partial charge in [-0.25, -0.2) is 4.98 Å². The Morgan fingerprint density at radius 3 is 1.70 bits per heavy atom. The lowest BCUT2D eigenvalue weighted by molar-refractivity contribution is 0.718. The summed E-state index contributed by atoms with van der Waals surface area (Å²) in [7, 11) is 0. The minimum Gasteiger partial charge on any atom is -0.322 e. The number of hydrogen-bond donors (Lipinski definition) is 0. The third kappa shape index (κ3) is 3.96. The molecule has 3 heteroatoms.